The number of anilines is 2. The van der Waals surface area contributed by atoms with E-state index in [4.69, 9.17) is 16.3 Å². The second kappa shape index (κ2) is 6.41. The van der Waals surface area contributed by atoms with Crippen molar-refractivity contribution >= 4 is 43.8 Å². The molecular weight excluding hydrogens is 376 g/mol. The van der Waals surface area contributed by atoms with E-state index in [0.717, 1.165) is 0 Å². The summed E-state index contributed by atoms with van der Waals surface area (Å²) in [6.07, 6.45) is 0. The predicted octanol–water partition coefficient (Wildman–Crippen LogP) is 3.92. The molecule has 1 aliphatic heterocycles. The van der Waals surface area contributed by atoms with Gasteiger partial charge in [-0.25, -0.2) is 18.2 Å². The Morgan fingerprint density at radius 3 is 2.31 bits per heavy atom. The second-order valence-electron chi connectivity index (χ2n) is 6.67. The second-order valence-corrected chi connectivity index (χ2v) is 8.94. The average molecular weight is 393 g/mol. The number of esters is 1. The first-order valence-corrected chi connectivity index (χ1v) is 9.67. The number of ether oxygens (including phenoxy) is 1. The first-order chi connectivity index (χ1) is 12.1. The Balaban J connectivity index is 2.18. The Bertz CT molecular complexity index is 993. The lowest BCUT2D eigenvalue weighted by molar-refractivity contribution is -0.145. The monoisotopic (exact) mass is 392 g/mol. The van der Waals surface area contributed by atoms with Crippen LogP contribution in [0.1, 0.15) is 20.8 Å². The molecule has 0 spiro atoms. The smallest absolute Gasteiger partial charge is 0.371 e. The fraction of sp³-hybridized carbons (Fsp3) is 0.222. The van der Waals surface area contributed by atoms with E-state index < -0.39 is 26.5 Å². The van der Waals surface area contributed by atoms with Crippen LogP contribution in [0.2, 0.25) is 5.02 Å². The third kappa shape index (κ3) is 3.45. The third-order valence-corrected chi connectivity index (χ3v) is 5.41. The molecule has 1 aliphatic rings. The summed E-state index contributed by atoms with van der Waals surface area (Å²) in [6.45, 7) is 4.98. The molecule has 0 saturated carbocycles. The van der Waals surface area contributed by atoms with Crippen LogP contribution in [0, 0.1) is 0 Å². The lowest BCUT2D eigenvalue weighted by Gasteiger charge is -2.28. The predicted molar refractivity (Wildman–Crippen MR) is 100 cm³/mol. The molecule has 0 N–H and O–H groups in total. The molecule has 0 amide bonds. The van der Waals surface area contributed by atoms with Gasteiger partial charge in [0.15, 0.2) is 0 Å². The van der Waals surface area contributed by atoms with E-state index in [1.54, 1.807) is 63.2 Å². The molecule has 2 aromatic carbocycles. The molecule has 0 bridgehead atoms. The number of sulfone groups is 1. The highest BCUT2D eigenvalue weighted by Crippen LogP contribution is 2.37. The van der Waals surface area contributed by atoms with E-state index >= 15 is 0 Å². The van der Waals surface area contributed by atoms with Crippen molar-refractivity contribution in [2.75, 3.05) is 5.01 Å². The van der Waals surface area contributed by atoms with Gasteiger partial charge in [-0.05, 0) is 57.2 Å². The van der Waals surface area contributed by atoms with Crippen molar-refractivity contribution in [2.45, 2.75) is 31.3 Å². The summed E-state index contributed by atoms with van der Waals surface area (Å²) in [7, 11) is -4.10. The number of halogens is 1. The van der Waals surface area contributed by atoms with Crippen LogP contribution in [0.25, 0.3) is 0 Å². The molecule has 6 nitrogen and oxygen atoms in total. The van der Waals surface area contributed by atoms with E-state index in [0.29, 0.717) is 16.4 Å². The third-order valence-electron chi connectivity index (χ3n) is 3.47. The summed E-state index contributed by atoms with van der Waals surface area (Å²) < 4.78 is 31.0. The van der Waals surface area contributed by atoms with E-state index in [1.807, 2.05) is 0 Å². The maximum Gasteiger partial charge on any atom is 0.371 e. The number of rotatable bonds is 2. The largest absolute Gasteiger partial charge is 0.455 e. The molecule has 0 aliphatic carbocycles. The van der Waals surface area contributed by atoms with Crippen LogP contribution in [0.4, 0.5) is 11.4 Å². The van der Waals surface area contributed by atoms with Crippen LogP contribution in [0.5, 0.6) is 0 Å². The van der Waals surface area contributed by atoms with E-state index in [1.165, 1.54) is 11.1 Å². The quantitative estimate of drug-likeness (QED) is 0.724. The van der Waals surface area contributed by atoms with Crippen molar-refractivity contribution in [1.29, 1.82) is 0 Å². The summed E-state index contributed by atoms with van der Waals surface area (Å²) in [6, 6.07) is 13.0. The highest BCUT2D eigenvalue weighted by atomic mass is 35.5. The summed E-state index contributed by atoms with van der Waals surface area (Å²) in [5.74, 6) is -0.994. The number of carbonyl (C=O) groups excluding carboxylic acids is 1. The zero-order valence-electron chi connectivity index (χ0n) is 14.4. The van der Waals surface area contributed by atoms with Crippen molar-refractivity contribution in [3.63, 3.8) is 0 Å². The van der Waals surface area contributed by atoms with Crippen molar-refractivity contribution in [2.24, 2.45) is 5.10 Å². The number of benzene rings is 2. The Kier molecular flexibility index (Phi) is 4.54. The molecule has 3 rings (SSSR count). The molecule has 0 radical (unpaired) electrons. The van der Waals surface area contributed by atoms with Gasteiger partial charge < -0.3 is 4.74 Å². The minimum absolute atomic E-state index is 0.00851. The Hall–Kier alpha value is -2.38. The average Bonchev–Trinajstić information content (AvgIpc) is 2.54. The van der Waals surface area contributed by atoms with Gasteiger partial charge in [0.05, 0.1) is 16.3 Å². The van der Waals surface area contributed by atoms with Crippen LogP contribution >= 0.6 is 11.6 Å². The normalized spacial score (nSPS) is 15.8. The first kappa shape index (κ1) is 18.4. The molecular formula is C18H17ClN2O4S. The molecule has 2 aromatic rings. The molecule has 0 atom stereocenters. The maximum atomic E-state index is 12.9. The SMILES string of the molecule is CC(C)(C)OC(=O)C1=NN(c2ccc(Cl)cc2)c2ccccc2S1(=O)=O. The van der Waals surface area contributed by atoms with Gasteiger partial charge in [0.2, 0.25) is 9.84 Å². The number of carbonyl (C=O) groups is 1. The topological polar surface area (TPSA) is 76.0 Å². The number of nitrogens with zero attached hydrogens (tertiary/aromatic N) is 2. The van der Waals surface area contributed by atoms with Crippen molar-refractivity contribution < 1.29 is 17.9 Å². The number of hydrogen-bond acceptors (Lipinski definition) is 6. The van der Waals surface area contributed by atoms with Crippen LogP contribution in [0.15, 0.2) is 58.5 Å². The van der Waals surface area contributed by atoms with Crippen molar-refractivity contribution in [3.8, 4) is 0 Å². The Morgan fingerprint density at radius 1 is 1.08 bits per heavy atom. The van der Waals surface area contributed by atoms with Gasteiger partial charge in [0.25, 0.3) is 5.04 Å². The maximum absolute atomic E-state index is 12.9. The van der Waals surface area contributed by atoms with Gasteiger partial charge >= 0.3 is 5.97 Å². The van der Waals surface area contributed by atoms with Gasteiger partial charge in [-0.3, -0.25) is 0 Å². The fourth-order valence-electron chi connectivity index (χ4n) is 2.41. The summed E-state index contributed by atoms with van der Waals surface area (Å²) >= 11 is 5.92. The van der Waals surface area contributed by atoms with Crippen LogP contribution < -0.4 is 5.01 Å². The standard InChI is InChI=1S/C18H17ClN2O4S/c1-18(2,3)25-17(22)16-20-21(13-10-8-12(19)9-11-13)14-6-4-5-7-15(14)26(16,23)24/h4-11H,1-3H3. The van der Waals surface area contributed by atoms with Gasteiger partial charge in [0, 0.05) is 5.02 Å². The zero-order chi connectivity index (χ0) is 19.1. The van der Waals surface area contributed by atoms with Crippen molar-refractivity contribution in [1.82, 2.24) is 0 Å². The number of para-hydroxylation sites is 1. The minimum atomic E-state index is -4.10. The number of hydrazone groups is 1. The van der Waals surface area contributed by atoms with Gasteiger partial charge in [-0.1, -0.05) is 23.7 Å². The van der Waals surface area contributed by atoms with Crippen molar-refractivity contribution in [3.05, 3.63) is 53.6 Å². The van der Waals surface area contributed by atoms with Crippen LogP contribution in [-0.4, -0.2) is 25.0 Å². The molecule has 26 heavy (non-hydrogen) atoms. The minimum Gasteiger partial charge on any atom is -0.455 e. The molecule has 1 heterocycles. The first-order valence-electron chi connectivity index (χ1n) is 7.81. The highest BCUT2D eigenvalue weighted by molar-refractivity contribution is 8.08. The highest BCUT2D eigenvalue weighted by Gasteiger charge is 2.40. The summed E-state index contributed by atoms with van der Waals surface area (Å²) in [4.78, 5) is 12.5. The molecule has 0 saturated heterocycles. The molecule has 0 aromatic heterocycles. The lowest BCUT2D eigenvalue weighted by Crippen LogP contribution is -2.37. The van der Waals surface area contributed by atoms with Gasteiger partial charge in [-0.2, -0.15) is 0 Å². The lowest BCUT2D eigenvalue weighted by atomic mass is 10.2. The molecule has 0 fully saturated rings. The molecule has 0 unspecified atom stereocenters. The number of hydrogen-bond donors (Lipinski definition) is 0. The number of fused-ring (bicyclic) bond motifs is 1. The Morgan fingerprint density at radius 2 is 1.69 bits per heavy atom. The van der Waals surface area contributed by atoms with E-state index in [9.17, 15) is 13.2 Å². The summed E-state index contributed by atoms with van der Waals surface area (Å²) in [5.41, 5.74) is 0.0666. The molecule has 8 heteroatoms. The summed E-state index contributed by atoms with van der Waals surface area (Å²) in [5, 5.41) is 5.38. The molecule has 136 valence electrons. The zero-order valence-corrected chi connectivity index (χ0v) is 16.0. The van der Waals surface area contributed by atoms with Crippen LogP contribution in [0.3, 0.4) is 0 Å². The van der Waals surface area contributed by atoms with Crippen LogP contribution in [-0.2, 0) is 19.4 Å². The van der Waals surface area contributed by atoms with Gasteiger partial charge in [0.1, 0.15) is 5.60 Å². The van der Waals surface area contributed by atoms with E-state index in [-0.39, 0.29) is 4.90 Å². The van der Waals surface area contributed by atoms with E-state index in [2.05, 4.69) is 5.10 Å². The van der Waals surface area contributed by atoms with Gasteiger partial charge in [-0.15, -0.1) is 5.10 Å². The Labute approximate surface area is 157 Å². The fourth-order valence-corrected chi connectivity index (χ4v) is 3.89.